The van der Waals surface area contributed by atoms with Gasteiger partial charge in [-0.3, -0.25) is 4.79 Å². The van der Waals surface area contributed by atoms with Crippen LogP contribution in [0.3, 0.4) is 0 Å². The maximum absolute atomic E-state index is 11.5. The Morgan fingerprint density at radius 1 is 1.50 bits per heavy atom. The molecule has 0 fully saturated rings. The van der Waals surface area contributed by atoms with Gasteiger partial charge < -0.3 is 11.1 Å². The lowest BCUT2D eigenvalue weighted by Gasteiger charge is -2.07. The third kappa shape index (κ3) is 6.62. The van der Waals surface area contributed by atoms with Gasteiger partial charge >= 0.3 is 0 Å². The van der Waals surface area contributed by atoms with Crippen LogP contribution in [-0.4, -0.2) is 18.5 Å². The summed E-state index contributed by atoms with van der Waals surface area (Å²) in [5, 5.41) is 3.63. The number of hydrogen-bond acceptors (Lipinski definition) is 2. The molecule has 0 bridgehead atoms. The van der Waals surface area contributed by atoms with Crippen LogP contribution in [0.4, 0.5) is 0 Å². The smallest absolute Gasteiger partial charge is 0.220 e. The molecule has 0 aliphatic heterocycles. The molecule has 1 unspecified atom stereocenters. The lowest BCUT2D eigenvalue weighted by molar-refractivity contribution is -0.121. The van der Waals surface area contributed by atoms with Gasteiger partial charge in [-0.25, -0.2) is 0 Å². The van der Waals surface area contributed by atoms with Crippen molar-refractivity contribution in [3.05, 3.63) is 34.9 Å². The van der Waals surface area contributed by atoms with E-state index in [4.69, 9.17) is 17.3 Å². The van der Waals surface area contributed by atoms with Crippen LogP contribution in [0.5, 0.6) is 0 Å². The van der Waals surface area contributed by atoms with Gasteiger partial charge in [0.15, 0.2) is 0 Å². The molecule has 0 aliphatic carbocycles. The van der Waals surface area contributed by atoms with E-state index in [-0.39, 0.29) is 11.9 Å². The summed E-state index contributed by atoms with van der Waals surface area (Å²) in [6.07, 6.45) is 3.10. The van der Waals surface area contributed by atoms with Crippen LogP contribution < -0.4 is 11.1 Å². The minimum atomic E-state index is 0.0951. The first kappa shape index (κ1) is 15.0. The Hall–Kier alpha value is -1.06. The van der Waals surface area contributed by atoms with Crippen LogP contribution in [0.25, 0.3) is 0 Å². The summed E-state index contributed by atoms with van der Waals surface area (Å²) in [5.41, 5.74) is 6.76. The second-order valence-electron chi connectivity index (χ2n) is 4.60. The summed E-state index contributed by atoms with van der Waals surface area (Å²) >= 11 is 5.89. The summed E-state index contributed by atoms with van der Waals surface area (Å²) in [5.74, 6) is 0.0951. The highest BCUT2D eigenvalue weighted by Crippen LogP contribution is 2.10. The van der Waals surface area contributed by atoms with E-state index in [9.17, 15) is 4.79 Å². The molecule has 0 heterocycles. The molecule has 1 rings (SSSR count). The van der Waals surface area contributed by atoms with Crippen molar-refractivity contribution >= 4 is 17.5 Å². The molecule has 4 heteroatoms. The zero-order valence-corrected chi connectivity index (χ0v) is 11.5. The predicted octanol–water partition coefficient (Wildman–Crippen LogP) is 2.52. The Morgan fingerprint density at radius 2 is 2.28 bits per heavy atom. The SMILES string of the molecule is CC(N)CCCC(=O)NCCc1cccc(Cl)c1. The normalized spacial score (nSPS) is 12.2. The molecular formula is C14H21ClN2O. The zero-order chi connectivity index (χ0) is 13.4. The molecule has 1 aromatic carbocycles. The van der Waals surface area contributed by atoms with Crippen molar-refractivity contribution in [2.75, 3.05) is 6.54 Å². The van der Waals surface area contributed by atoms with Gasteiger partial charge in [0, 0.05) is 24.0 Å². The number of benzene rings is 1. The summed E-state index contributed by atoms with van der Waals surface area (Å²) in [4.78, 5) is 11.5. The molecule has 0 saturated carbocycles. The van der Waals surface area contributed by atoms with Crippen LogP contribution >= 0.6 is 11.6 Å². The van der Waals surface area contributed by atoms with E-state index in [1.54, 1.807) is 0 Å². The van der Waals surface area contributed by atoms with E-state index in [0.29, 0.717) is 13.0 Å². The van der Waals surface area contributed by atoms with E-state index in [0.717, 1.165) is 29.8 Å². The predicted molar refractivity (Wildman–Crippen MR) is 75.7 cm³/mol. The molecular weight excluding hydrogens is 248 g/mol. The Labute approximate surface area is 114 Å². The number of amides is 1. The molecule has 3 N–H and O–H groups in total. The van der Waals surface area contributed by atoms with Crippen LogP contribution in [0, 0.1) is 0 Å². The van der Waals surface area contributed by atoms with E-state index >= 15 is 0 Å². The summed E-state index contributed by atoms with van der Waals surface area (Å²) in [6.45, 7) is 2.61. The van der Waals surface area contributed by atoms with Gasteiger partial charge in [-0.2, -0.15) is 0 Å². The number of carbonyl (C=O) groups excluding carboxylic acids is 1. The van der Waals surface area contributed by atoms with Crippen LogP contribution in [-0.2, 0) is 11.2 Å². The van der Waals surface area contributed by atoms with Crippen molar-refractivity contribution in [1.82, 2.24) is 5.32 Å². The zero-order valence-electron chi connectivity index (χ0n) is 10.8. The van der Waals surface area contributed by atoms with Gasteiger partial charge in [-0.1, -0.05) is 23.7 Å². The Balaban J connectivity index is 2.15. The number of nitrogens with two attached hydrogens (primary N) is 1. The molecule has 0 spiro atoms. The van der Waals surface area contributed by atoms with E-state index in [2.05, 4.69) is 5.32 Å². The lowest BCUT2D eigenvalue weighted by atomic mass is 10.1. The molecule has 18 heavy (non-hydrogen) atoms. The molecule has 3 nitrogen and oxygen atoms in total. The molecule has 1 aromatic rings. The second-order valence-corrected chi connectivity index (χ2v) is 5.04. The standard InChI is InChI=1S/C14H21ClN2O/c1-11(16)4-2-7-14(18)17-9-8-12-5-3-6-13(15)10-12/h3,5-6,10-11H,2,4,7-9,16H2,1H3,(H,17,18). The Bertz CT molecular complexity index is 380. The molecule has 1 amide bonds. The highest BCUT2D eigenvalue weighted by molar-refractivity contribution is 6.30. The molecule has 0 aromatic heterocycles. The number of carbonyl (C=O) groups is 1. The van der Waals surface area contributed by atoms with Crippen LogP contribution in [0.2, 0.25) is 5.02 Å². The number of hydrogen-bond donors (Lipinski definition) is 2. The van der Waals surface area contributed by atoms with Crippen molar-refractivity contribution in [2.45, 2.75) is 38.6 Å². The largest absolute Gasteiger partial charge is 0.356 e. The highest BCUT2D eigenvalue weighted by atomic mass is 35.5. The van der Waals surface area contributed by atoms with Gasteiger partial charge in [0.2, 0.25) is 5.91 Å². The first-order chi connectivity index (χ1) is 8.58. The Morgan fingerprint density at radius 3 is 2.94 bits per heavy atom. The number of rotatable bonds is 7. The first-order valence-corrected chi connectivity index (χ1v) is 6.72. The fraction of sp³-hybridized carbons (Fsp3) is 0.500. The van der Waals surface area contributed by atoms with E-state index in [1.165, 1.54) is 0 Å². The first-order valence-electron chi connectivity index (χ1n) is 6.34. The third-order valence-electron chi connectivity index (χ3n) is 2.69. The van der Waals surface area contributed by atoms with E-state index in [1.807, 2.05) is 31.2 Å². The lowest BCUT2D eigenvalue weighted by Crippen LogP contribution is -2.26. The molecule has 0 aliphatic rings. The summed E-state index contributed by atoms with van der Waals surface area (Å²) < 4.78 is 0. The minimum Gasteiger partial charge on any atom is -0.356 e. The molecule has 0 radical (unpaired) electrons. The van der Waals surface area contributed by atoms with Crippen molar-refractivity contribution in [3.8, 4) is 0 Å². The maximum Gasteiger partial charge on any atom is 0.220 e. The summed E-state index contributed by atoms with van der Waals surface area (Å²) in [6, 6.07) is 7.86. The number of nitrogens with one attached hydrogen (secondary N) is 1. The topological polar surface area (TPSA) is 55.1 Å². The van der Waals surface area contributed by atoms with Crippen molar-refractivity contribution < 1.29 is 4.79 Å². The van der Waals surface area contributed by atoms with Gasteiger partial charge in [-0.05, 0) is 43.9 Å². The average Bonchev–Trinajstić information content (AvgIpc) is 2.28. The summed E-state index contributed by atoms with van der Waals surface area (Å²) in [7, 11) is 0. The van der Waals surface area contributed by atoms with E-state index < -0.39 is 0 Å². The maximum atomic E-state index is 11.5. The fourth-order valence-corrected chi connectivity index (χ4v) is 1.92. The average molecular weight is 269 g/mol. The van der Waals surface area contributed by atoms with Crippen molar-refractivity contribution in [2.24, 2.45) is 5.73 Å². The highest BCUT2D eigenvalue weighted by Gasteiger charge is 2.02. The molecule has 100 valence electrons. The fourth-order valence-electron chi connectivity index (χ4n) is 1.71. The minimum absolute atomic E-state index is 0.0951. The Kier molecular flexibility index (Phi) is 6.76. The second kappa shape index (κ2) is 8.11. The quantitative estimate of drug-likeness (QED) is 0.798. The monoisotopic (exact) mass is 268 g/mol. The van der Waals surface area contributed by atoms with Gasteiger partial charge in [-0.15, -0.1) is 0 Å². The van der Waals surface area contributed by atoms with Crippen LogP contribution in [0.1, 0.15) is 31.7 Å². The van der Waals surface area contributed by atoms with Crippen molar-refractivity contribution in [3.63, 3.8) is 0 Å². The number of halogens is 1. The van der Waals surface area contributed by atoms with Crippen LogP contribution in [0.15, 0.2) is 24.3 Å². The van der Waals surface area contributed by atoms with Gasteiger partial charge in [0.25, 0.3) is 0 Å². The molecule has 0 saturated heterocycles. The molecule has 1 atom stereocenters. The van der Waals surface area contributed by atoms with Crippen molar-refractivity contribution in [1.29, 1.82) is 0 Å². The van der Waals surface area contributed by atoms with Gasteiger partial charge in [0.05, 0.1) is 0 Å². The van der Waals surface area contributed by atoms with Gasteiger partial charge in [0.1, 0.15) is 0 Å². The third-order valence-corrected chi connectivity index (χ3v) is 2.92.